The van der Waals surface area contributed by atoms with Crippen molar-refractivity contribution >= 4 is 5.69 Å². The number of halogens is 1. The first-order valence-corrected chi connectivity index (χ1v) is 6.52. The van der Waals surface area contributed by atoms with Gasteiger partial charge in [0.1, 0.15) is 5.82 Å². The van der Waals surface area contributed by atoms with Gasteiger partial charge in [0.2, 0.25) is 0 Å². The van der Waals surface area contributed by atoms with E-state index >= 15 is 0 Å². The van der Waals surface area contributed by atoms with E-state index in [9.17, 15) is 4.39 Å². The van der Waals surface area contributed by atoms with E-state index in [-0.39, 0.29) is 5.82 Å². The van der Waals surface area contributed by atoms with Gasteiger partial charge in [0.25, 0.3) is 0 Å². The fourth-order valence-electron chi connectivity index (χ4n) is 2.06. The average Bonchev–Trinajstić information content (AvgIpc) is 3.20. The SMILES string of the molecule is COCCN(CCNc1ccccc1F)C1CC1. The number of benzene rings is 1. The van der Waals surface area contributed by atoms with Crippen molar-refractivity contribution in [3.05, 3.63) is 30.1 Å². The highest BCUT2D eigenvalue weighted by Crippen LogP contribution is 2.26. The molecule has 0 radical (unpaired) electrons. The second-order valence-electron chi connectivity index (χ2n) is 4.67. The fourth-order valence-corrected chi connectivity index (χ4v) is 2.06. The summed E-state index contributed by atoms with van der Waals surface area (Å²) in [6.45, 7) is 3.42. The van der Waals surface area contributed by atoms with Gasteiger partial charge in [-0.05, 0) is 25.0 Å². The molecule has 1 aromatic carbocycles. The zero-order valence-corrected chi connectivity index (χ0v) is 10.9. The smallest absolute Gasteiger partial charge is 0.146 e. The highest BCUT2D eigenvalue weighted by Gasteiger charge is 2.28. The molecule has 0 amide bonds. The van der Waals surface area contributed by atoms with Gasteiger partial charge in [-0.1, -0.05) is 12.1 Å². The van der Waals surface area contributed by atoms with Crippen LogP contribution in [0, 0.1) is 5.82 Å². The summed E-state index contributed by atoms with van der Waals surface area (Å²) < 4.78 is 18.5. The summed E-state index contributed by atoms with van der Waals surface area (Å²) in [6, 6.07) is 7.50. The number of nitrogens with zero attached hydrogens (tertiary/aromatic N) is 1. The van der Waals surface area contributed by atoms with Crippen LogP contribution in [0.5, 0.6) is 0 Å². The Labute approximate surface area is 108 Å². The molecule has 1 aromatic rings. The van der Waals surface area contributed by atoms with E-state index in [0.717, 1.165) is 26.2 Å². The molecule has 1 aliphatic carbocycles. The number of methoxy groups -OCH3 is 1. The molecule has 0 atom stereocenters. The third kappa shape index (κ3) is 3.96. The first kappa shape index (κ1) is 13.3. The minimum atomic E-state index is -0.188. The normalized spacial score (nSPS) is 15.1. The van der Waals surface area contributed by atoms with Crippen molar-refractivity contribution < 1.29 is 9.13 Å². The van der Waals surface area contributed by atoms with E-state index in [2.05, 4.69) is 10.2 Å². The summed E-state index contributed by atoms with van der Waals surface area (Å²) in [5.41, 5.74) is 0.583. The Bertz CT molecular complexity index is 369. The number of para-hydroxylation sites is 1. The lowest BCUT2D eigenvalue weighted by molar-refractivity contribution is 0.146. The summed E-state index contributed by atoms with van der Waals surface area (Å²) in [5.74, 6) is -0.188. The van der Waals surface area contributed by atoms with E-state index in [0.29, 0.717) is 11.7 Å². The molecule has 0 heterocycles. The van der Waals surface area contributed by atoms with E-state index in [1.165, 1.54) is 18.9 Å². The number of hydrogen-bond donors (Lipinski definition) is 1. The van der Waals surface area contributed by atoms with Crippen LogP contribution in [0.1, 0.15) is 12.8 Å². The van der Waals surface area contributed by atoms with E-state index in [1.807, 2.05) is 6.07 Å². The van der Waals surface area contributed by atoms with E-state index in [1.54, 1.807) is 19.2 Å². The third-order valence-electron chi connectivity index (χ3n) is 3.23. The zero-order valence-electron chi connectivity index (χ0n) is 10.9. The minimum absolute atomic E-state index is 0.188. The van der Waals surface area contributed by atoms with Crippen LogP contribution in [0.25, 0.3) is 0 Å². The summed E-state index contributed by atoms with van der Waals surface area (Å²) >= 11 is 0. The van der Waals surface area contributed by atoms with Crippen LogP contribution in [0.15, 0.2) is 24.3 Å². The van der Waals surface area contributed by atoms with Gasteiger partial charge in [0.15, 0.2) is 0 Å². The number of anilines is 1. The molecule has 1 N–H and O–H groups in total. The van der Waals surface area contributed by atoms with Crippen LogP contribution in [0.3, 0.4) is 0 Å². The highest BCUT2D eigenvalue weighted by atomic mass is 19.1. The van der Waals surface area contributed by atoms with Crippen LogP contribution in [0.4, 0.5) is 10.1 Å². The second kappa shape index (κ2) is 6.71. The maximum atomic E-state index is 13.4. The molecule has 100 valence electrons. The molecule has 18 heavy (non-hydrogen) atoms. The predicted molar refractivity (Wildman–Crippen MR) is 71.4 cm³/mol. The Morgan fingerprint density at radius 1 is 1.33 bits per heavy atom. The van der Waals surface area contributed by atoms with Crippen molar-refractivity contribution in [2.24, 2.45) is 0 Å². The highest BCUT2D eigenvalue weighted by molar-refractivity contribution is 5.44. The molecule has 3 nitrogen and oxygen atoms in total. The zero-order chi connectivity index (χ0) is 12.8. The summed E-state index contributed by atoms with van der Waals surface area (Å²) in [5, 5.41) is 3.14. The lowest BCUT2D eigenvalue weighted by Crippen LogP contribution is -2.34. The molecular formula is C14H21FN2O. The Balaban J connectivity index is 1.74. The van der Waals surface area contributed by atoms with Crippen molar-refractivity contribution in [3.8, 4) is 0 Å². The lowest BCUT2D eigenvalue weighted by atomic mass is 10.3. The van der Waals surface area contributed by atoms with Gasteiger partial charge in [-0.15, -0.1) is 0 Å². The van der Waals surface area contributed by atoms with Gasteiger partial charge in [0, 0.05) is 32.8 Å². The molecule has 0 aromatic heterocycles. The van der Waals surface area contributed by atoms with Crippen molar-refractivity contribution in [2.45, 2.75) is 18.9 Å². The predicted octanol–water partition coefficient (Wildman–Crippen LogP) is 2.35. The van der Waals surface area contributed by atoms with Crippen LogP contribution < -0.4 is 5.32 Å². The molecule has 0 saturated heterocycles. The molecular weight excluding hydrogens is 231 g/mol. The summed E-state index contributed by atoms with van der Waals surface area (Å²) in [6.07, 6.45) is 2.56. The standard InChI is InChI=1S/C14H21FN2O/c1-18-11-10-17(12-6-7-12)9-8-16-14-5-3-2-4-13(14)15/h2-5,12,16H,6-11H2,1H3. The Hall–Kier alpha value is -1.13. The molecule has 1 saturated carbocycles. The van der Waals surface area contributed by atoms with Gasteiger partial charge >= 0.3 is 0 Å². The topological polar surface area (TPSA) is 24.5 Å². The van der Waals surface area contributed by atoms with Crippen molar-refractivity contribution in [3.63, 3.8) is 0 Å². The van der Waals surface area contributed by atoms with Gasteiger partial charge in [-0.3, -0.25) is 4.90 Å². The van der Waals surface area contributed by atoms with Crippen molar-refractivity contribution in [1.29, 1.82) is 0 Å². The molecule has 0 bridgehead atoms. The second-order valence-corrected chi connectivity index (χ2v) is 4.67. The van der Waals surface area contributed by atoms with Crippen molar-refractivity contribution in [1.82, 2.24) is 4.90 Å². The first-order valence-electron chi connectivity index (χ1n) is 6.52. The molecule has 4 heteroatoms. The van der Waals surface area contributed by atoms with Gasteiger partial charge in [-0.2, -0.15) is 0 Å². The molecule has 1 aliphatic rings. The maximum absolute atomic E-state index is 13.4. The monoisotopic (exact) mass is 252 g/mol. The molecule has 0 aliphatic heterocycles. The molecule has 1 fully saturated rings. The van der Waals surface area contributed by atoms with Crippen LogP contribution in [0.2, 0.25) is 0 Å². The van der Waals surface area contributed by atoms with Crippen LogP contribution in [-0.4, -0.2) is 44.3 Å². The summed E-state index contributed by atoms with van der Waals surface area (Å²) in [7, 11) is 1.72. The number of ether oxygens (including phenoxy) is 1. The average molecular weight is 252 g/mol. The number of hydrogen-bond acceptors (Lipinski definition) is 3. The Morgan fingerprint density at radius 2 is 2.11 bits per heavy atom. The van der Waals surface area contributed by atoms with Gasteiger partial charge < -0.3 is 10.1 Å². The fraction of sp³-hybridized carbons (Fsp3) is 0.571. The molecule has 2 rings (SSSR count). The molecule has 0 spiro atoms. The maximum Gasteiger partial charge on any atom is 0.146 e. The van der Waals surface area contributed by atoms with Crippen LogP contribution >= 0.6 is 0 Å². The lowest BCUT2D eigenvalue weighted by Gasteiger charge is -2.21. The largest absolute Gasteiger partial charge is 0.383 e. The van der Waals surface area contributed by atoms with Crippen molar-refractivity contribution in [2.75, 3.05) is 38.7 Å². The quantitative estimate of drug-likeness (QED) is 0.768. The van der Waals surface area contributed by atoms with Crippen LogP contribution in [-0.2, 0) is 4.74 Å². The van der Waals surface area contributed by atoms with E-state index < -0.39 is 0 Å². The summed E-state index contributed by atoms with van der Waals surface area (Å²) in [4.78, 5) is 2.41. The van der Waals surface area contributed by atoms with Gasteiger partial charge in [0.05, 0.1) is 12.3 Å². The third-order valence-corrected chi connectivity index (χ3v) is 3.23. The number of nitrogens with one attached hydrogen (secondary N) is 1. The Morgan fingerprint density at radius 3 is 2.78 bits per heavy atom. The first-order chi connectivity index (χ1) is 8.81. The number of rotatable bonds is 8. The Kier molecular flexibility index (Phi) is 4.96. The minimum Gasteiger partial charge on any atom is -0.383 e. The van der Waals surface area contributed by atoms with Gasteiger partial charge in [-0.25, -0.2) is 4.39 Å². The molecule has 0 unspecified atom stereocenters. The van der Waals surface area contributed by atoms with E-state index in [4.69, 9.17) is 4.74 Å².